The Kier molecular flexibility index (Phi) is 4.82. The van der Waals surface area contributed by atoms with Crippen LogP contribution in [0.15, 0.2) is 38.4 Å². The lowest BCUT2D eigenvalue weighted by Crippen LogP contribution is -2.45. The van der Waals surface area contributed by atoms with Crippen molar-refractivity contribution < 1.29 is 12.8 Å². The molecule has 2 N–H and O–H groups in total. The van der Waals surface area contributed by atoms with E-state index in [0.717, 1.165) is 37.4 Å². The van der Waals surface area contributed by atoms with Gasteiger partial charge in [-0.15, -0.1) is 5.10 Å². The van der Waals surface area contributed by atoms with Gasteiger partial charge in [0.2, 0.25) is 10.0 Å². The second-order valence-electron chi connectivity index (χ2n) is 7.94. The van der Waals surface area contributed by atoms with Crippen LogP contribution in [0.25, 0.3) is 11.1 Å². The number of hydrogen-bond acceptors (Lipinski definition) is 7. The summed E-state index contributed by atoms with van der Waals surface area (Å²) in [5.74, 6) is 0.275. The lowest BCUT2D eigenvalue weighted by Gasteiger charge is -2.33. The number of nitrogens with zero attached hydrogens (tertiary/aromatic N) is 3. The van der Waals surface area contributed by atoms with Crippen molar-refractivity contribution in [2.75, 3.05) is 18.0 Å². The van der Waals surface area contributed by atoms with Crippen LogP contribution in [0.3, 0.4) is 0 Å². The van der Waals surface area contributed by atoms with Crippen molar-refractivity contribution in [2.24, 2.45) is 0 Å². The Balaban J connectivity index is 1.25. The Hall–Kier alpha value is -2.72. The summed E-state index contributed by atoms with van der Waals surface area (Å²) in [5.41, 5.74) is 3.10. The van der Waals surface area contributed by atoms with Crippen LogP contribution in [0, 0.1) is 0 Å². The molecule has 2 aromatic heterocycles. The monoisotopic (exact) mass is 429 g/mol. The van der Waals surface area contributed by atoms with E-state index < -0.39 is 15.8 Å². The fraction of sp³-hybridized carbons (Fsp3) is 0.450. The summed E-state index contributed by atoms with van der Waals surface area (Å²) in [6.45, 7) is 1.43. The number of piperidine rings is 1. The summed E-state index contributed by atoms with van der Waals surface area (Å²) < 4.78 is 33.3. The average molecular weight is 430 g/mol. The molecule has 1 saturated heterocycles. The molecule has 10 heteroatoms. The minimum Gasteiger partial charge on any atom is -0.408 e. The molecule has 1 fully saturated rings. The molecule has 0 atom stereocenters. The first-order valence-corrected chi connectivity index (χ1v) is 11.7. The van der Waals surface area contributed by atoms with E-state index >= 15 is 0 Å². The molecule has 30 heavy (non-hydrogen) atoms. The summed E-state index contributed by atoms with van der Waals surface area (Å²) in [7, 11) is -3.70. The maximum Gasteiger partial charge on any atom is 0.417 e. The van der Waals surface area contributed by atoms with Crippen molar-refractivity contribution in [1.29, 1.82) is 0 Å². The Morgan fingerprint density at radius 3 is 2.73 bits per heavy atom. The van der Waals surface area contributed by atoms with Gasteiger partial charge in [0.05, 0.1) is 16.1 Å². The number of rotatable bonds is 4. The van der Waals surface area contributed by atoms with Crippen LogP contribution in [0.1, 0.15) is 36.9 Å². The van der Waals surface area contributed by atoms with E-state index in [-0.39, 0.29) is 10.9 Å². The van der Waals surface area contributed by atoms with Gasteiger partial charge < -0.3 is 9.32 Å². The Morgan fingerprint density at radius 2 is 1.90 bits per heavy atom. The molecule has 0 radical (unpaired) electrons. The third kappa shape index (κ3) is 3.72. The van der Waals surface area contributed by atoms with E-state index in [1.54, 1.807) is 0 Å². The Bertz CT molecular complexity index is 1240. The molecule has 1 aliphatic heterocycles. The highest BCUT2D eigenvalue weighted by molar-refractivity contribution is 7.89. The SMILES string of the molecule is O=c1[nH]c2cc(S(=O)(=O)NC3CCN(c4cc5c(nn4)CCCC5)CC3)ccc2o1. The van der Waals surface area contributed by atoms with E-state index in [0.29, 0.717) is 23.9 Å². The second kappa shape index (κ2) is 7.51. The summed E-state index contributed by atoms with van der Waals surface area (Å²) >= 11 is 0. The lowest BCUT2D eigenvalue weighted by molar-refractivity contribution is 0.457. The largest absolute Gasteiger partial charge is 0.417 e. The maximum atomic E-state index is 12.8. The predicted molar refractivity (Wildman–Crippen MR) is 111 cm³/mol. The third-order valence-electron chi connectivity index (χ3n) is 5.90. The fourth-order valence-electron chi connectivity index (χ4n) is 4.25. The van der Waals surface area contributed by atoms with E-state index in [2.05, 4.69) is 30.9 Å². The molecule has 0 unspecified atom stereocenters. The zero-order valence-electron chi connectivity index (χ0n) is 16.4. The van der Waals surface area contributed by atoms with E-state index in [4.69, 9.17) is 4.42 Å². The highest BCUT2D eigenvalue weighted by Crippen LogP contribution is 2.25. The van der Waals surface area contributed by atoms with Crippen LogP contribution in [0.4, 0.5) is 5.82 Å². The molecule has 1 aromatic carbocycles. The minimum atomic E-state index is -3.70. The van der Waals surface area contributed by atoms with Crippen LogP contribution in [-0.4, -0.2) is 42.7 Å². The van der Waals surface area contributed by atoms with Gasteiger partial charge >= 0.3 is 5.76 Å². The molecule has 3 aromatic rings. The molecule has 2 aliphatic rings. The molecule has 158 valence electrons. The number of nitrogens with one attached hydrogen (secondary N) is 2. The Labute approximate surface area is 173 Å². The average Bonchev–Trinajstić information content (AvgIpc) is 3.13. The molecule has 0 saturated carbocycles. The highest BCUT2D eigenvalue weighted by atomic mass is 32.2. The van der Waals surface area contributed by atoms with Crippen molar-refractivity contribution >= 4 is 26.9 Å². The second-order valence-corrected chi connectivity index (χ2v) is 9.65. The van der Waals surface area contributed by atoms with Gasteiger partial charge in [0.15, 0.2) is 11.4 Å². The van der Waals surface area contributed by atoms with Crippen molar-refractivity contribution in [3.8, 4) is 0 Å². The fourth-order valence-corrected chi connectivity index (χ4v) is 5.58. The van der Waals surface area contributed by atoms with Crippen molar-refractivity contribution in [1.82, 2.24) is 19.9 Å². The standard InChI is InChI=1S/C20H23N5O4S/c26-20-21-17-12-15(5-6-18(17)29-20)30(27,28)24-14-7-9-25(10-8-14)19-11-13-3-1-2-4-16(13)22-23-19/h5-6,11-12,14,24H,1-4,7-10H2,(H,21,26). The van der Waals surface area contributed by atoms with Gasteiger partial charge in [0, 0.05) is 19.1 Å². The van der Waals surface area contributed by atoms with Gasteiger partial charge in [-0.25, -0.2) is 17.9 Å². The van der Waals surface area contributed by atoms with Crippen molar-refractivity contribution in [2.45, 2.75) is 49.5 Å². The lowest BCUT2D eigenvalue weighted by atomic mass is 9.96. The molecular formula is C20H23N5O4S. The number of aryl methyl sites for hydroxylation is 2. The van der Waals surface area contributed by atoms with Gasteiger partial charge in [0.25, 0.3) is 0 Å². The number of oxazole rings is 1. The first-order chi connectivity index (χ1) is 14.5. The zero-order chi connectivity index (χ0) is 20.7. The zero-order valence-corrected chi connectivity index (χ0v) is 17.2. The van der Waals surface area contributed by atoms with Gasteiger partial charge in [0.1, 0.15) is 0 Å². The van der Waals surface area contributed by atoms with Crippen LogP contribution in [0.2, 0.25) is 0 Å². The van der Waals surface area contributed by atoms with Crippen LogP contribution >= 0.6 is 0 Å². The molecular weight excluding hydrogens is 406 g/mol. The van der Waals surface area contributed by atoms with Gasteiger partial charge in [-0.05, 0) is 68.4 Å². The first kappa shape index (κ1) is 19.3. The quantitative estimate of drug-likeness (QED) is 0.648. The molecule has 0 spiro atoms. The molecule has 3 heterocycles. The smallest absolute Gasteiger partial charge is 0.408 e. The highest BCUT2D eigenvalue weighted by Gasteiger charge is 2.26. The number of benzene rings is 1. The normalized spacial score (nSPS) is 17.9. The van der Waals surface area contributed by atoms with Gasteiger partial charge in [-0.3, -0.25) is 4.98 Å². The number of anilines is 1. The third-order valence-corrected chi connectivity index (χ3v) is 7.42. The number of aromatic amines is 1. The predicted octanol–water partition coefficient (Wildman–Crippen LogP) is 1.74. The van der Waals surface area contributed by atoms with Crippen LogP contribution < -0.4 is 15.4 Å². The number of aromatic nitrogens is 3. The summed E-state index contributed by atoms with van der Waals surface area (Å²) in [6.07, 6.45) is 5.80. The summed E-state index contributed by atoms with van der Waals surface area (Å²) in [4.78, 5) is 16.1. The molecule has 5 rings (SSSR count). The van der Waals surface area contributed by atoms with Gasteiger partial charge in [-0.2, -0.15) is 5.10 Å². The van der Waals surface area contributed by atoms with E-state index in [9.17, 15) is 13.2 Å². The molecule has 1 aliphatic carbocycles. The summed E-state index contributed by atoms with van der Waals surface area (Å²) in [6, 6.07) is 6.34. The van der Waals surface area contributed by atoms with Crippen LogP contribution in [-0.2, 0) is 22.9 Å². The number of H-pyrrole nitrogens is 1. The topological polar surface area (TPSA) is 121 Å². The first-order valence-electron chi connectivity index (χ1n) is 10.2. The maximum absolute atomic E-state index is 12.8. The van der Waals surface area contributed by atoms with E-state index in [1.807, 2.05) is 0 Å². The Morgan fingerprint density at radius 1 is 1.10 bits per heavy atom. The minimum absolute atomic E-state index is 0.107. The van der Waals surface area contributed by atoms with E-state index in [1.165, 1.54) is 36.6 Å². The van der Waals surface area contributed by atoms with Crippen LogP contribution in [0.5, 0.6) is 0 Å². The summed E-state index contributed by atoms with van der Waals surface area (Å²) in [5, 5.41) is 8.80. The number of sulfonamides is 1. The number of hydrogen-bond donors (Lipinski definition) is 2. The number of fused-ring (bicyclic) bond motifs is 2. The molecule has 0 bridgehead atoms. The van der Waals surface area contributed by atoms with Crippen molar-refractivity contribution in [3.05, 3.63) is 46.1 Å². The van der Waals surface area contributed by atoms with Crippen molar-refractivity contribution in [3.63, 3.8) is 0 Å². The molecule has 9 nitrogen and oxygen atoms in total. The molecule has 0 amide bonds. The van der Waals surface area contributed by atoms with Gasteiger partial charge in [-0.1, -0.05) is 0 Å².